The van der Waals surface area contributed by atoms with Crippen LogP contribution in [0.25, 0.3) is 0 Å². The van der Waals surface area contributed by atoms with E-state index < -0.39 is 0 Å². The lowest BCUT2D eigenvalue weighted by molar-refractivity contribution is -0.126. The number of amides is 1. The van der Waals surface area contributed by atoms with Crippen LogP contribution in [0.5, 0.6) is 0 Å². The molecular weight excluding hydrogens is 272 g/mol. The molecule has 2 heterocycles. The lowest BCUT2D eigenvalue weighted by Gasteiger charge is -2.34. The molecular formula is C15H24N2O2S. The number of piperidine rings is 1. The van der Waals surface area contributed by atoms with Crippen LogP contribution in [-0.2, 0) is 16.0 Å². The molecule has 0 spiro atoms. The number of thiophene rings is 1. The quantitative estimate of drug-likeness (QED) is 0.872. The molecule has 1 aromatic heterocycles. The molecule has 1 unspecified atom stereocenters. The smallest absolute Gasteiger partial charge is 0.237 e. The molecule has 1 fully saturated rings. The molecule has 20 heavy (non-hydrogen) atoms. The van der Waals surface area contributed by atoms with Crippen molar-refractivity contribution in [2.45, 2.75) is 38.3 Å². The number of methoxy groups -OCH3 is 1. The monoisotopic (exact) mass is 296 g/mol. The third-order valence-corrected chi connectivity index (χ3v) is 4.92. The predicted molar refractivity (Wildman–Crippen MR) is 82.1 cm³/mol. The Morgan fingerprint density at radius 3 is 2.90 bits per heavy atom. The third-order valence-electron chi connectivity index (χ3n) is 3.99. The fourth-order valence-corrected chi connectivity index (χ4v) is 3.29. The Labute approximate surface area is 125 Å². The predicted octanol–water partition coefficient (Wildman–Crippen LogP) is 1.91. The highest BCUT2D eigenvalue weighted by atomic mass is 32.1. The molecule has 0 radical (unpaired) electrons. The van der Waals surface area contributed by atoms with E-state index in [0.29, 0.717) is 6.10 Å². The van der Waals surface area contributed by atoms with E-state index in [1.165, 1.54) is 4.88 Å². The summed E-state index contributed by atoms with van der Waals surface area (Å²) < 4.78 is 5.36. The summed E-state index contributed by atoms with van der Waals surface area (Å²) in [6.45, 7) is 4.60. The maximum atomic E-state index is 12.1. The standard InChI is InChI=1S/C15H24N2O2S/c1-12(17-9-6-13(19-2)7-10-17)15(18)16-8-5-14-4-3-11-20-14/h3-4,11-13H,5-10H2,1-2H3,(H,16,18). The van der Waals surface area contributed by atoms with Crippen molar-refractivity contribution in [2.24, 2.45) is 0 Å². The van der Waals surface area contributed by atoms with Crippen LogP contribution in [0.2, 0.25) is 0 Å². The Bertz CT molecular complexity index is 400. The van der Waals surface area contributed by atoms with Gasteiger partial charge in [0.25, 0.3) is 0 Å². The van der Waals surface area contributed by atoms with Gasteiger partial charge in [-0.15, -0.1) is 11.3 Å². The summed E-state index contributed by atoms with van der Waals surface area (Å²) >= 11 is 1.74. The average Bonchev–Trinajstić information content (AvgIpc) is 2.99. The van der Waals surface area contributed by atoms with Gasteiger partial charge >= 0.3 is 0 Å². The van der Waals surface area contributed by atoms with Crippen molar-refractivity contribution < 1.29 is 9.53 Å². The van der Waals surface area contributed by atoms with Gasteiger partial charge in [0.1, 0.15) is 0 Å². The van der Waals surface area contributed by atoms with Crippen molar-refractivity contribution in [3.63, 3.8) is 0 Å². The Hall–Kier alpha value is -0.910. The number of hydrogen-bond acceptors (Lipinski definition) is 4. The Morgan fingerprint density at radius 2 is 2.30 bits per heavy atom. The summed E-state index contributed by atoms with van der Waals surface area (Å²) in [4.78, 5) is 15.7. The first kappa shape index (κ1) is 15.5. The Kier molecular flexibility index (Phi) is 6.01. The molecule has 4 nitrogen and oxygen atoms in total. The Balaban J connectivity index is 1.69. The van der Waals surface area contributed by atoms with Gasteiger partial charge in [0.2, 0.25) is 5.91 Å². The first-order valence-electron chi connectivity index (χ1n) is 7.27. The molecule has 112 valence electrons. The largest absolute Gasteiger partial charge is 0.381 e. The first-order chi connectivity index (χ1) is 9.70. The van der Waals surface area contributed by atoms with Crippen LogP contribution >= 0.6 is 11.3 Å². The normalized spacial score (nSPS) is 18.9. The fraction of sp³-hybridized carbons (Fsp3) is 0.667. The molecule has 0 bridgehead atoms. The Morgan fingerprint density at radius 1 is 1.55 bits per heavy atom. The number of nitrogens with zero attached hydrogens (tertiary/aromatic N) is 1. The lowest BCUT2D eigenvalue weighted by Crippen LogP contribution is -2.49. The summed E-state index contributed by atoms with van der Waals surface area (Å²) in [5, 5.41) is 5.11. The molecule has 0 aromatic carbocycles. The van der Waals surface area contributed by atoms with Crippen molar-refractivity contribution in [3.05, 3.63) is 22.4 Å². The zero-order chi connectivity index (χ0) is 14.4. The summed E-state index contributed by atoms with van der Waals surface area (Å²) in [5.41, 5.74) is 0. The summed E-state index contributed by atoms with van der Waals surface area (Å²) in [7, 11) is 1.76. The number of carbonyl (C=O) groups excluding carboxylic acids is 1. The zero-order valence-electron chi connectivity index (χ0n) is 12.3. The van der Waals surface area contributed by atoms with E-state index in [1.807, 2.05) is 13.0 Å². The van der Waals surface area contributed by atoms with Crippen LogP contribution in [-0.4, -0.2) is 49.7 Å². The van der Waals surface area contributed by atoms with Gasteiger partial charge in [-0.25, -0.2) is 0 Å². The summed E-state index contributed by atoms with van der Waals surface area (Å²) in [6, 6.07) is 4.11. The van der Waals surface area contributed by atoms with Gasteiger partial charge < -0.3 is 10.1 Å². The van der Waals surface area contributed by atoms with Crippen molar-refractivity contribution in [2.75, 3.05) is 26.7 Å². The maximum Gasteiger partial charge on any atom is 0.237 e. The first-order valence-corrected chi connectivity index (χ1v) is 8.15. The van der Waals surface area contributed by atoms with Crippen molar-refractivity contribution in [3.8, 4) is 0 Å². The second-order valence-electron chi connectivity index (χ2n) is 5.27. The molecule has 1 aromatic rings. The zero-order valence-corrected chi connectivity index (χ0v) is 13.1. The van der Waals surface area contributed by atoms with E-state index in [2.05, 4.69) is 21.7 Å². The van der Waals surface area contributed by atoms with Gasteiger partial charge in [-0.3, -0.25) is 9.69 Å². The molecule has 5 heteroatoms. The van der Waals surface area contributed by atoms with E-state index in [1.54, 1.807) is 18.4 Å². The van der Waals surface area contributed by atoms with Crippen LogP contribution in [0.4, 0.5) is 0 Å². The van der Waals surface area contributed by atoms with Gasteiger partial charge in [0.05, 0.1) is 12.1 Å². The molecule has 0 saturated carbocycles. The highest BCUT2D eigenvalue weighted by Crippen LogP contribution is 2.15. The van der Waals surface area contributed by atoms with Crippen LogP contribution in [0.1, 0.15) is 24.6 Å². The summed E-state index contributed by atoms with van der Waals surface area (Å²) in [5.74, 6) is 0.137. The second kappa shape index (κ2) is 7.76. The highest BCUT2D eigenvalue weighted by molar-refractivity contribution is 7.09. The SMILES string of the molecule is COC1CCN(C(C)C(=O)NCCc2cccs2)CC1. The van der Waals surface area contributed by atoms with Gasteiger partial charge in [-0.1, -0.05) is 6.07 Å². The van der Waals surface area contributed by atoms with Crippen LogP contribution in [0.15, 0.2) is 17.5 Å². The van der Waals surface area contributed by atoms with E-state index in [4.69, 9.17) is 4.74 Å². The van der Waals surface area contributed by atoms with Gasteiger partial charge in [0.15, 0.2) is 0 Å². The van der Waals surface area contributed by atoms with Gasteiger partial charge in [-0.05, 0) is 37.6 Å². The van der Waals surface area contributed by atoms with E-state index in [9.17, 15) is 4.79 Å². The minimum Gasteiger partial charge on any atom is -0.381 e. The number of nitrogens with one attached hydrogen (secondary N) is 1. The fourth-order valence-electron chi connectivity index (χ4n) is 2.58. The molecule has 1 aliphatic rings. The average molecular weight is 296 g/mol. The van der Waals surface area contributed by atoms with E-state index in [-0.39, 0.29) is 11.9 Å². The number of ether oxygens (including phenoxy) is 1. The minimum atomic E-state index is -0.0452. The second-order valence-corrected chi connectivity index (χ2v) is 6.30. The molecule has 1 atom stereocenters. The maximum absolute atomic E-state index is 12.1. The van der Waals surface area contributed by atoms with Crippen molar-refractivity contribution in [1.29, 1.82) is 0 Å². The van der Waals surface area contributed by atoms with Crippen molar-refractivity contribution >= 4 is 17.2 Å². The molecule has 0 aliphatic carbocycles. The number of rotatable bonds is 6. The number of likely N-dealkylation sites (tertiary alicyclic amines) is 1. The topological polar surface area (TPSA) is 41.6 Å². The van der Waals surface area contributed by atoms with Crippen LogP contribution < -0.4 is 5.32 Å². The number of hydrogen-bond donors (Lipinski definition) is 1. The number of carbonyl (C=O) groups is 1. The minimum absolute atomic E-state index is 0.0452. The molecule has 1 aliphatic heterocycles. The van der Waals surface area contributed by atoms with Crippen molar-refractivity contribution in [1.82, 2.24) is 10.2 Å². The molecule has 2 rings (SSSR count). The lowest BCUT2D eigenvalue weighted by atomic mass is 10.1. The third kappa shape index (κ3) is 4.30. The summed E-state index contributed by atoms with van der Waals surface area (Å²) in [6.07, 6.45) is 3.31. The van der Waals surface area contributed by atoms with Crippen LogP contribution in [0, 0.1) is 0 Å². The molecule has 1 N–H and O–H groups in total. The molecule has 1 amide bonds. The highest BCUT2D eigenvalue weighted by Gasteiger charge is 2.26. The van der Waals surface area contributed by atoms with Gasteiger partial charge in [-0.2, -0.15) is 0 Å². The van der Waals surface area contributed by atoms with Crippen LogP contribution in [0.3, 0.4) is 0 Å². The van der Waals surface area contributed by atoms with Gasteiger partial charge in [0, 0.05) is 31.6 Å². The van der Waals surface area contributed by atoms with E-state index >= 15 is 0 Å². The van der Waals surface area contributed by atoms with E-state index in [0.717, 1.165) is 38.9 Å². The molecule has 1 saturated heterocycles.